The number of carbonyl (C=O) groups is 1. The highest BCUT2D eigenvalue weighted by Crippen LogP contribution is 2.36. The highest BCUT2D eigenvalue weighted by Gasteiger charge is 2.21. The van der Waals surface area contributed by atoms with Gasteiger partial charge in [0.25, 0.3) is 0 Å². The van der Waals surface area contributed by atoms with Gasteiger partial charge in [-0.3, -0.25) is 19.9 Å². The Hall–Kier alpha value is -4.44. The lowest BCUT2D eigenvalue weighted by Gasteiger charge is -2.10. The number of aromatic nitrogens is 6. The summed E-state index contributed by atoms with van der Waals surface area (Å²) in [5.41, 5.74) is 4.56. The summed E-state index contributed by atoms with van der Waals surface area (Å²) >= 11 is 1.64. The van der Waals surface area contributed by atoms with Crippen LogP contribution in [0.15, 0.2) is 55.0 Å². The van der Waals surface area contributed by atoms with Crippen LogP contribution in [-0.4, -0.2) is 36.0 Å². The number of amides is 1. The second-order valence-corrected chi connectivity index (χ2v) is 10.4. The van der Waals surface area contributed by atoms with Crippen molar-refractivity contribution < 1.29 is 9.18 Å². The number of nitrogens with one attached hydrogen (secondary N) is 3. The Morgan fingerprint density at radius 2 is 1.95 bits per heavy atom. The van der Waals surface area contributed by atoms with Gasteiger partial charge in [-0.05, 0) is 43.3 Å². The minimum Gasteiger partial charge on any atom is -0.336 e. The molecule has 5 heterocycles. The number of hydrogen-bond donors (Lipinski definition) is 3. The highest BCUT2D eigenvalue weighted by molar-refractivity contribution is 7.15. The van der Waals surface area contributed by atoms with Gasteiger partial charge in [-0.25, -0.2) is 9.37 Å². The van der Waals surface area contributed by atoms with E-state index in [4.69, 9.17) is 4.98 Å². The van der Waals surface area contributed by atoms with Gasteiger partial charge in [0.15, 0.2) is 5.82 Å². The van der Waals surface area contributed by atoms with E-state index >= 15 is 4.39 Å². The monoisotopic (exact) mass is 511 g/mol. The molecule has 0 atom stereocenters. The maximum Gasteiger partial charge on any atom is 0.226 e. The van der Waals surface area contributed by atoms with Crippen molar-refractivity contribution in [2.75, 3.05) is 5.32 Å². The van der Waals surface area contributed by atoms with Crippen LogP contribution in [0.5, 0.6) is 0 Å². The molecule has 0 unspecified atom stereocenters. The first-order valence-corrected chi connectivity index (χ1v) is 12.6. The first-order valence-electron chi connectivity index (χ1n) is 11.7. The average Bonchev–Trinajstić information content (AvgIpc) is 3.62. The zero-order valence-corrected chi connectivity index (χ0v) is 21.1. The fraction of sp³-hybridized carbons (Fsp3) is 0.148. The van der Waals surface area contributed by atoms with E-state index in [2.05, 4.69) is 30.5 Å². The molecule has 0 spiro atoms. The Bertz CT molecular complexity index is 1800. The number of aryl methyl sites for hydroxylation is 1. The average molecular weight is 512 g/mol. The molecule has 1 aromatic carbocycles. The quantitative estimate of drug-likeness (QED) is 0.250. The number of nitrogens with zero attached hydrogens (tertiary/aromatic N) is 4. The van der Waals surface area contributed by atoms with Crippen molar-refractivity contribution in [3.05, 3.63) is 65.7 Å². The van der Waals surface area contributed by atoms with E-state index in [0.29, 0.717) is 44.8 Å². The van der Waals surface area contributed by atoms with Crippen LogP contribution in [0.4, 0.5) is 10.1 Å². The third kappa shape index (κ3) is 4.05. The Morgan fingerprint density at radius 3 is 2.73 bits per heavy atom. The fourth-order valence-corrected chi connectivity index (χ4v) is 5.06. The summed E-state index contributed by atoms with van der Waals surface area (Å²) in [7, 11) is 0. The molecule has 6 rings (SSSR count). The Morgan fingerprint density at radius 1 is 1.08 bits per heavy atom. The second-order valence-electron chi connectivity index (χ2n) is 9.08. The highest BCUT2D eigenvalue weighted by atomic mass is 32.1. The summed E-state index contributed by atoms with van der Waals surface area (Å²) in [6.07, 6.45) is 4.84. The van der Waals surface area contributed by atoms with E-state index in [-0.39, 0.29) is 11.8 Å². The van der Waals surface area contributed by atoms with Gasteiger partial charge in [-0.1, -0.05) is 13.8 Å². The summed E-state index contributed by atoms with van der Waals surface area (Å²) in [5.74, 6) is -0.337. The number of hydrogen-bond acceptors (Lipinski definition) is 6. The molecule has 0 aliphatic heterocycles. The van der Waals surface area contributed by atoms with Gasteiger partial charge < -0.3 is 10.3 Å². The fourth-order valence-electron chi connectivity index (χ4n) is 4.20. The van der Waals surface area contributed by atoms with Crippen LogP contribution in [0.2, 0.25) is 0 Å². The van der Waals surface area contributed by atoms with Gasteiger partial charge in [0.1, 0.15) is 22.7 Å². The molecule has 0 aliphatic carbocycles. The second kappa shape index (κ2) is 8.90. The number of pyridine rings is 2. The van der Waals surface area contributed by atoms with E-state index in [9.17, 15) is 4.79 Å². The molecule has 0 aliphatic rings. The smallest absolute Gasteiger partial charge is 0.226 e. The molecule has 3 N–H and O–H groups in total. The lowest BCUT2D eigenvalue weighted by atomic mass is 10.0. The van der Waals surface area contributed by atoms with Crippen molar-refractivity contribution >= 4 is 44.9 Å². The molecule has 5 aromatic heterocycles. The number of fused-ring (bicyclic) bond motifs is 2. The van der Waals surface area contributed by atoms with Gasteiger partial charge in [0.2, 0.25) is 5.91 Å². The van der Waals surface area contributed by atoms with E-state index < -0.39 is 5.82 Å². The molecule has 10 heteroatoms. The summed E-state index contributed by atoms with van der Waals surface area (Å²) in [5, 5.41) is 10.4. The Labute approximate surface area is 215 Å². The van der Waals surface area contributed by atoms with Crippen LogP contribution in [-0.2, 0) is 4.79 Å². The molecule has 37 heavy (non-hydrogen) atoms. The lowest BCUT2D eigenvalue weighted by molar-refractivity contribution is -0.118. The third-order valence-corrected chi connectivity index (χ3v) is 7.11. The van der Waals surface area contributed by atoms with Crippen LogP contribution in [0.3, 0.4) is 0 Å². The summed E-state index contributed by atoms with van der Waals surface area (Å²) in [6, 6.07) is 11.1. The summed E-state index contributed by atoms with van der Waals surface area (Å²) < 4.78 is 16.0. The number of anilines is 1. The number of thiophene rings is 1. The zero-order valence-electron chi connectivity index (χ0n) is 20.3. The van der Waals surface area contributed by atoms with Crippen LogP contribution in [0.1, 0.15) is 18.7 Å². The molecule has 0 saturated carbocycles. The number of carbonyl (C=O) groups excluding carboxylic acids is 1. The number of H-pyrrole nitrogens is 2. The molecular weight excluding hydrogens is 489 g/mol. The molecular formula is C27H22FN7OS. The van der Waals surface area contributed by atoms with Gasteiger partial charge >= 0.3 is 0 Å². The van der Waals surface area contributed by atoms with Crippen LogP contribution in [0, 0.1) is 18.7 Å². The molecule has 0 bridgehead atoms. The third-order valence-electron chi connectivity index (χ3n) is 6.11. The number of benzene rings is 1. The molecule has 6 aromatic rings. The van der Waals surface area contributed by atoms with Gasteiger partial charge in [0.05, 0.1) is 33.2 Å². The first-order chi connectivity index (χ1) is 17.9. The molecule has 0 radical (unpaired) electrons. The van der Waals surface area contributed by atoms with Crippen molar-refractivity contribution in [2.45, 2.75) is 20.8 Å². The van der Waals surface area contributed by atoms with Crippen molar-refractivity contribution in [3.8, 4) is 33.2 Å². The van der Waals surface area contributed by atoms with Crippen molar-refractivity contribution in [2.24, 2.45) is 5.92 Å². The number of aromatic amines is 2. The van der Waals surface area contributed by atoms with Crippen LogP contribution < -0.4 is 5.32 Å². The maximum absolute atomic E-state index is 16.0. The summed E-state index contributed by atoms with van der Waals surface area (Å²) in [4.78, 5) is 31.1. The number of imidazole rings is 1. The standard InChI is InChI=1S/C27H22FN7OS/c1-13(2)27(36)31-16-10-15(11-29-12-16)17-5-6-18-21(22(17)28)25(35-34-18)26-32-19-8-9-30-24(23(19)33-26)20-7-4-14(3)37-20/h4-13H,1-3H3,(H,31,36)(H,32,33)(H,34,35). The number of rotatable bonds is 5. The molecule has 1 amide bonds. The van der Waals surface area contributed by atoms with Crippen molar-refractivity contribution in [3.63, 3.8) is 0 Å². The SMILES string of the molecule is Cc1ccc(-c2nccc3[nH]c(-c4n[nH]c5ccc(-c6cncc(NC(=O)C(C)C)c6)c(F)c45)nc23)s1. The Balaban J connectivity index is 1.45. The molecule has 0 fully saturated rings. The maximum atomic E-state index is 16.0. The van der Waals surface area contributed by atoms with E-state index in [1.54, 1.807) is 62.0 Å². The predicted octanol–water partition coefficient (Wildman–Crippen LogP) is 6.33. The lowest BCUT2D eigenvalue weighted by Crippen LogP contribution is -2.17. The van der Waals surface area contributed by atoms with E-state index in [1.807, 2.05) is 25.1 Å². The van der Waals surface area contributed by atoms with Crippen LogP contribution in [0.25, 0.3) is 55.2 Å². The minimum absolute atomic E-state index is 0.136. The normalized spacial score (nSPS) is 11.6. The van der Waals surface area contributed by atoms with Crippen molar-refractivity contribution in [1.82, 2.24) is 30.1 Å². The zero-order chi connectivity index (χ0) is 25.7. The topological polar surface area (TPSA) is 112 Å². The van der Waals surface area contributed by atoms with E-state index in [1.165, 1.54) is 4.88 Å². The predicted molar refractivity (Wildman–Crippen MR) is 144 cm³/mol. The largest absolute Gasteiger partial charge is 0.336 e. The molecule has 184 valence electrons. The minimum atomic E-state index is -0.455. The molecule has 0 saturated heterocycles. The van der Waals surface area contributed by atoms with Gasteiger partial charge in [-0.15, -0.1) is 11.3 Å². The van der Waals surface area contributed by atoms with Gasteiger partial charge in [0, 0.05) is 34.3 Å². The van der Waals surface area contributed by atoms with Gasteiger partial charge in [-0.2, -0.15) is 5.10 Å². The van der Waals surface area contributed by atoms with Crippen molar-refractivity contribution in [1.29, 1.82) is 0 Å². The Kier molecular flexibility index (Phi) is 5.53. The first kappa shape index (κ1) is 23.0. The number of halogens is 1. The summed E-state index contributed by atoms with van der Waals surface area (Å²) in [6.45, 7) is 5.66. The molecule has 8 nitrogen and oxygen atoms in total. The van der Waals surface area contributed by atoms with Crippen LogP contribution >= 0.6 is 11.3 Å². The van der Waals surface area contributed by atoms with E-state index in [0.717, 1.165) is 16.1 Å².